The minimum Gasteiger partial charge on any atom is -0.489 e. The number of carbonyl (C=O) groups excluding carboxylic acids is 2. The summed E-state index contributed by atoms with van der Waals surface area (Å²) in [6.07, 6.45) is 1.48. The van der Waals surface area contributed by atoms with Crippen molar-refractivity contribution in [2.24, 2.45) is 0 Å². The van der Waals surface area contributed by atoms with Crippen LogP contribution in [-0.4, -0.2) is 39.2 Å². The molecule has 2 N–H and O–H groups in total. The van der Waals surface area contributed by atoms with Gasteiger partial charge in [0.05, 0.1) is 12.2 Å². The molecule has 0 bridgehead atoms. The number of nitrogens with one attached hydrogen (secondary N) is 2. The summed E-state index contributed by atoms with van der Waals surface area (Å²) in [5, 5.41) is 9.62. The van der Waals surface area contributed by atoms with Crippen molar-refractivity contribution in [2.45, 2.75) is 19.5 Å². The van der Waals surface area contributed by atoms with Crippen LogP contribution in [0, 0.1) is 11.8 Å². The molecule has 0 aliphatic carbocycles. The van der Waals surface area contributed by atoms with E-state index in [0.717, 1.165) is 11.1 Å². The van der Waals surface area contributed by atoms with Crippen molar-refractivity contribution in [1.29, 1.82) is 0 Å². The summed E-state index contributed by atoms with van der Waals surface area (Å²) in [5.41, 5.74) is 2.98. The maximum absolute atomic E-state index is 12.7. The molecule has 8 heteroatoms. The molecular formula is C24H21N5O3. The van der Waals surface area contributed by atoms with Crippen LogP contribution in [0.3, 0.4) is 0 Å². The molecule has 1 aliphatic rings. The predicted molar refractivity (Wildman–Crippen MR) is 119 cm³/mol. The molecule has 0 unspecified atom stereocenters. The second-order valence-corrected chi connectivity index (χ2v) is 7.32. The number of amides is 2. The molecule has 2 aromatic carbocycles. The standard InChI is InChI=1S/C24H21N5O3/c1-16(2)8-9-17-10-11-21-19(12-17)26-23(30)20(14-32-21)27-24(31)22-25-15-29(28-22)13-18-6-4-3-5-7-18/h3-7,10-12,15,20H,1,13-14H2,2H3,(H,26,30)(H,27,31)/t20-/m0/s1. The first kappa shape index (κ1) is 20.9. The highest BCUT2D eigenvalue weighted by atomic mass is 16.5. The summed E-state index contributed by atoms with van der Waals surface area (Å²) in [7, 11) is 0. The van der Waals surface area contributed by atoms with E-state index in [1.165, 1.54) is 6.33 Å². The van der Waals surface area contributed by atoms with Gasteiger partial charge in [0.15, 0.2) is 0 Å². The first-order valence-electron chi connectivity index (χ1n) is 9.97. The number of rotatable bonds is 4. The van der Waals surface area contributed by atoms with Crippen LogP contribution in [0.2, 0.25) is 0 Å². The highest BCUT2D eigenvalue weighted by molar-refractivity contribution is 6.01. The van der Waals surface area contributed by atoms with E-state index < -0.39 is 17.9 Å². The van der Waals surface area contributed by atoms with Gasteiger partial charge in [0.1, 0.15) is 24.7 Å². The lowest BCUT2D eigenvalue weighted by Crippen LogP contribution is -2.46. The van der Waals surface area contributed by atoms with Crippen LogP contribution in [0.5, 0.6) is 5.75 Å². The highest BCUT2D eigenvalue weighted by Gasteiger charge is 2.28. The maximum atomic E-state index is 12.7. The lowest BCUT2D eigenvalue weighted by atomic mass is 10.1. The summed E-state index contributed by atoms with van der Waals surface area (Å²) in [4.78, 5) is 29.3. The molecule has 0 spiro atoms. The van der Waals surface area contributed by atoms with Gasteiger partial charge in [-0.05, 0) is 36.3 Å². The first-order valence-corrected chi connectivity index (χ1v) is 9.97. The van der Waals surface area contributed by atoms with Gasteiger partial charge in [-0.1, -0.05) is 48.8 Å². The van der Waals surface area contributed by atoms with Crippen molar-refractivity contribution in [1.82, 2.24) is 20.1 Å². The summed E-state index contributed by atoms with van der Waals surface area (Å²) >= 11 is 0. The molecule has 4 rings (SSSR count). The van der Waals surface area contributed by atoms with Gasteiger partial charge in [-0.3, -0.25) is 9.59 Å². The fraction of sp³-hybridized carbons (Fsp3) is 0.167. The molecule has 1 aromatic heterocycles. The molecule has 1 aliphatic heterocycles. The third-order valence-corrected chi connectivity index (χ3v) is 4.61. The number of ether oxygens (including phenoxy) is 1. The minimum absolute atomic E-state index is 0.0205. The van der Waals surface area contributed by atoms with Crippen LogP contribution in [0.1, 0.15) is 28.7 Å². The van der Waals surface area contributed by atoms with Gasteiger partial charge in [-0.25, -0.2) is 9.67 Å². The van der Waals surface area contributed by atoms with Gasteiger partial charge in [0.2, 0.25) is 5.82 Å². The number of fused-ring (bicyclic) bond motifs is 1. The Morgan fingerprint density at radius 1 is 1.31 bits per heavy atom. The molecule has 0 radical (unpaired) electrons. The van der Waals surface area contributed by atoms with Crippen molar-refractivity contribution in [3.8, 4) is 17.6 Å². The SMILES string of the molecule is C=C(C)C#Cc1ccc2c(c1)NC(=O)[C@@H](NC(=O)c1ncn(Cc3ccccc3)n1)CO2. The lowest BCUT2D eigenvalue weighted by Gasteiger charge is -2.13. The third-order valence-electron chi connectivity index (χ3n) is 4.61. The molecule has 0 fully saturated rings. The average Bonchev–Trinajstić information content (AvgIpc) is 3.19. The highest BCUT2D eigenvalue weighted by Crippen LogP contribution is 2.28. The number of nitrogens with zero attached hydrogens (tertiary/aromatic N) is 3. The van der Waals surface area contributed by atoms with Crippen molar-refractivity contribution in [2.75, 3.05) is 11.9 Å². The second-order valence-electron chi connectivity index (χ2n) is 7.32. The normalized spacial score (nSPS) is 14.7. The van der Waals surface area contributed by atoms with Crippen LogP contribution in [0.4, 0.5) is 5.69 Å². The number of hydrogen-bond donors (Lipinski definition) is 2. The van der Waals surface area contributed by atoms with Crippen LogP contribution in [0.15, 0.2) is 67.0 Å². The molecule has 2 heterocycles. The number of allylic oxidation sites excluding steroid dienone is 1. The Hall–Kier alpha value is -4.38. The van der Waals surface area contributed by atoms with E-state index in [-0.39, 0.29) is 12.4 Å². The fourth-order valence-corrected chi connectivity index (χ4v) is 3.05. The second kappa shape index (κ2) is 9.18. The van der Waals surface area contributed by atoms with Gasteiger partial charge in [-0.2, -0.15) is 0 Å². The summed E-state index contributed by atoms with van der Waals surface area (Å²) in [6.45, 7) is 6.03. The van der Waals surface area contributed by atoms with Crippen LogP contribution in [0.25, 0.3) is 0 Å². The van der Waals surface area contributed by atoms with Crippen molar-refractivity contribution in [3.05, 3.63) is 84.0 Å². The molecule has 8 nitrogen and oxygen atoms in total. The Bertz CT molecular complexity index is 1240. The zero-order valence-electron chi connectivity index (χ0n) is 17.5. The zero-order chi connectivity index (χ0) is 22.5. The molecule has 1 atom stereocenters. The quantitative estimate of drug-likeness (QED) is 0.623. The van der Waals surface area contributed by atoms with E-state index >= 15 is 0 Å². The van der Waals surface area contributed by atoms with E-state index in [0.29, 0.717) is 23.5 Å². The number of carbonyl (C=O) groups is 2. The Kier molecular flexibility index (Phi) is 5.99. The molecule has 32 heavy (non-hydrogen) atoms. The predicted octanol–water partition coefficient (Wildman–Crippen LogP) is 2.38. The number of hydrogen-bond acceptors (Lipinski definition) is 5. The maximum Gasteiger partial charge on any atom is 0.291 e. The molecule has 2 amide bonds. The van der Waals surface area contributed by atoms with E-state index in [9.17, 15) is 9.59 Å². The van der Waals surface area contributed by atoms with E-state index in [2.05, 4.69) is 39.1 Å². The van der Waals surface area contributed by atoms with Gasteiger partial charge in [0.25, 0.3) is 11.8 Å². The summed E-state index contributed by atoms with van der Waals surface area (Å²) in [6, 6.07) is 14.1. The topological polar surface area (TPSA) is 98.1 Å². The van der Waals surface area contributed by atoms with Crippen LogP contribution < -0.4 is 15.4 Å². The molecule has 0 saturated heterocycles. The van der Waals surface area contributed by atoms with E-state index in [1.54, 1.807) is 22.9 Å². The molecule has 3 aromatic rings. The first-order chi connectivity index (χ1) is 15.5. The number of anilines is 1. The molecule has 0 saturated carbocycles. The lowest BCUT2D eigenvalue weighted by molar-refractivity contribution is -0.118. The van der Waals surface area contributed by atoms with Gasteiger partial charge in [0, 0.05) is 5.56 Å². The number of aromatic nitrogens is 3. The summed E-state index contributed by atoms with van der Waals surface area (Å²) in [5.74, 6) is 5.39. The largest absolute Gasteiger partial charge is 0.489 e. The van der Waals surface area contributed by atoms with Crippen molar-refractivity contribution >= 4 is 17.5 Å². The van der Waals surface area contributed by atoms with Crippen molar-refractivity contribution < 1.29 is 14.3 Å². The van der Waals surface area contributed by atoms with Crippen LogP contribution >= 0.6 is 0 Å². The molecular weight excluding hydrogens is 406 g/mol. The van der Waals surface area contributed by atoms with Gasteiger partial charge in [-0.15, -0.1) is 5.10 Å². The third kappa shape index (κ3) is 5.02. The monoisotopic (exact) mass is 427 g/mol. The average molecular weight is 427 g/mol. The molecule has 160 valence electrons. The van der Waals surface area contributed by atoms with Gasteiger partial charge < -0.3 is 15.4 Å². The van der Waals surface area contributed by atoms with Gasteiger partial charge >= 0.3 is 0 Å². The Morgan fingerprint density at radius 2 is 2.12 bits per heavy atom. The summed E-state index contributed by atoms with van der Waals surface area (Å²) < 4.78 is 7.29. The van der Waals surface area contributed by atoms with Crippen LogP contribution in [-0.2, 0) is 11.3 Å². The Balaban J connectivity index is 1.42. The Labute approximate surface area is 185 Å². The number of benzene rings is 2. The van der Waals surface area contributed by atoms with E-state index in [1.807, 2.05) is 37.3 Å². The fourth-order valence-electron chi connectivity index (χ4n) is 3.05. The van der Waals surface area contributed by atoms with Crippen molar-refractivity contribution in [3.63, 3.8) is 0 Å². The smallest absolute Gasteiger partial charge is 0.291 e. The van der Waals surface area contributed by atoms with E-state index in [4.69, 9.17) is 4.74 Å². The zero-order valence-corrected chi connectivity index (χ0v) is 17.5. The Morgan fingerprint density at radius 3 is 2.91 bits per heavy atom. The minimum atomic E-state index is -0.902.